The van der Waals surface area contributed by atoms with E-state index < -0.39 is 0 Å². The molecule has 8 heteroatoms. The summed E-state index contributed by atoms with van der Waals surface area (Å²) < 4.78 is 2.07. The molecule has 2 aliphatic heterocycles. The second kappa shape index (κ2) is 7.94. The van der Waals surface area contributed by atoms with Gasteiger partial charge < -0.3 is 10.0 Å². The number of amides is 1. The van der Waals surface area contributed by atoms with Gasteiger partial charge in [-0.2, -0.15) is 0 Å². The first-order valence-electron chi connectivity index (χ1n) is 9.82. The van der Waals surface area contributed by atoms with E-state index in [-0.39, 0.29) is 23.2 Å². The number of allylic oxidation sites excluding steroid dienone is 1. The van der Waals surface area contributed by atoms with E-state index in [1.165, 1.54) is 5.56 Å². The lowest BCUT2D eigenvalue weighted by Gasteiger charge is -2.29. The minimum atomic E-state index is -0.362. The van der Waals surface area contributed by atoms with Gasteiger partial charge in [0.2, 0.25) is 11.8 Å². The Morgan fingerprint density at radius 3 is 2.87 bits per heavy atom. The van der Waals surface area contributed by atoms with Crippen molar-refractivity contribution < 1.29 is 9.90 Å². The number of thiazole rings is 1. The summed E-state index contributed by atoms with van der Waals surface area (Å²) in [7, 11) is 0. The summed E-state index contributed by atoms with van der Waals surface area (Å²) in [5.41, 5.74) is 4.94. The van der Waals surface area contributed by atoms with Gasteiger partial charge in [0.05, 0.1) is 10.6 Å². The lowest BCUT2D eigenvalue weighted by molar-refractivity contribution is -0.132. The summed E-state index contributed by atoms with van der Waals surface area (Å²) in [4.78, 5) is 31.5. The molecule has 0 saturated carbocycles. The summed E-state index contributed by atoms with van der Waals surface area (Å²) in [5.74, 6) is -0.370. The van der Waals surface area contributed by atoms with E-state index in [1.807, 2.05) is 36.4 Å². The van der Waals surface area contributed by atoms with Crippen LogP contribution in [-0.2, 0) is 24.3 Å². The number of nitrogens with zero attached hydrogens (tertiary/aromatic N) is 3. The van der Waals surface area contributed by atoms with Crippen LogP contribution in [0, 0.1) is 0 Å². The van der Waals surface area contributed by atoms with E-state index >= 15 is 0 Å². The number of carbonyl (C=O) groups excluding carboxylic acids is 1. The molecule has 0 saturated heterocycles. The van der Waals surface area contributed by atoms with Gasteiger partial charge in [0, 0.05) is 34.9 Å². The molecule has 0 aliphatic carbocycles. The van der Waals surface area contributed by atoms with Crippen LogP contribution < -0.4 is 4.87 Å². The standard InChI is InChI=1S/C23H18BrN3O3S/c24-17-5-6-19-18(10-17)16(11-25-19)9-20-22(29)27(23(30)31-20)13-21(28)26-8-7-14-3-1-2-4-15(14)12-26/h1-6,9-11,29H,7-8,12-13H2. The van der Waals surface area contributed by atoms with Crippen LogP contribution in [0.4, 0.5) is 5.69 Å². The number of aromatic hydroxyl groups is 1. The predicted molar refractivity (Wildman–Crippen MR) is 126 cm³/mol. The molecule has 156 valence electrons. The number of carbonyl (C=O) groups is 1. The zero-order chi connectivity index (χ0) is 21.5. The average Bonchev–Trinajstić information content (AvgIpc) is 3.28. The quantitative estimate of drug-likeness (QED) is 0.590. The Morgan fingerprint density at radius 1 is 1.23 bits per heavy atom. The SMILES string of the molecule is O=C(Cn1c(O)c(C=C2C=Nc3ccc(Br)cc32)sc1=O)N1CCc2ccccc2C1. The summed E-state index contributed by atoms with van der Waals surface area (Å²) in [6.07, 6.45) is 4.24. The Hall–Kier alpha value is -2.97. The van der Waals surface area contributed by atoms with Crippen LogP contribution in [0.5, 0.6) is 5.88 Å². The van der Waals surface area contributed by atoms with Crippen molar-refractivity contribution in [1.29, 1.82) is 0 Å². The molecule has 3 aromatic rings. The van der Waals surface area contributed by atoms with E-state index in [1.54, 1.807) is 17.2 Å². The maximum absolute atomic E-state index is 12.9. The van der Waals surface area contributed by atoms with Gasteiger partial charge in [-0.3, -0.25) is 19.1 Å². The molecular formula is C23H18BrN3O3S. The molecule has 1 amide bonds. The second-order valence-electron chi connectivity index (χ2n) is 7.50. The molecule has 0 unspecified atom stereocenters. The van der Waals surface area contributed by atoms with Gasteiger partial charge in [-0.15, -0.1) is 0 Å². The van der Waals surface area contributed by atoms with Crippen LogP contribution in [0.2, 0.25) is 0 Å². The highest BCUT2D eigenvalue weighted by Crippen LogP contribution is 2.36. The Bertz CT molecular complexity index is 1320. The van der Waals surface area contributed by atoms with Gasteiger partial charge in [-0.25, -0.2) is 0 Å². The highest BCUT2D eigenvalue weighted by atomic mass is 79.9. The molecule has 0 atom stereocenters. The van der Waals surface area contributed by atoms with Gasteiger partial charge in [0.15, 0.2) is 0 Å². The molecule has 1 aromatic heterocycles. The van der Waals surface area contributed by atoms with Crippen LogP contribution in [0.15, 0.2) is 56.7 Å². The van der Waals surface area contributed by atoms with Crippen molar-refractivity contribution in [3.8, 4) is 5.88 Å². The van der Waals surface area contributed by atoms with E-state index in [4.69, 9.17) is 0 Å². The molecule has 2 aliphatic rings. The molecule has 3 heterocycles. The molecule has 1 N–H and O–H groups in total. The number of aromatic nitrogens is 1. The Balaban J connectivity index is 1.38. The molecule has 2 aromatic carbocycles. The highest BCUT2D eigenvalue weighted by Gasteiger charge is 2.23. The third-order valence-corrected chi connectivity index (χ3v) is 6.98. The van der Waals surface area contributed by atoms with Gasteiger partial charge in [-0.05, 0) is 41.8 Å². The van der Waals surface area contributed by atoms with Crippen LogP contribution in [0.1, 0.15) is 21.6 Å². The number of aliphatic imine (C=N–C) groups is 1. The smallest absolute Gasteiger partial charge is 0.311 e. The highest BCUT2D eigenvalue weighted by molar-refractivity contribution is 9.10. The fraction of sp³-hybridized carbons (Fsp3) is 0.174. The first kappa shape index (κ1) is 20.0. The van der Waals surface area contributed by atoms with Crippen LogP contribution in [0.25, 0.3) is 11.6 Å². The van der Waals surface area contributed by atoms with Crippen LogP contribution in [0.3, 0.4) is 0 Å². The van der Waals surface area contributed by atoms with Crippen LogP contribution >= 0.6 is 27.3 Å². The number of rotatable bonds is 3. The van der Waals surface area contributed by atoms with E-state index in [2.05, 4.69) is 27.0 Å². The molecule has 0 bridgehead atoms. The maximum atomic E-state index is 12.9. The number of halogens is 1. The molecule has 0 fully saturated rings. The lowest BCUT2D eigenvalue weighted by Crippen LogP contribution is -2.39. The first-order chi connectivity index (χ1) is 15.0. The third kappa shape index (κ3) is 3.77. The predicted octanol–water partition coefficient (Wildman–Crippen LogP) is 4.22. The zero-order valence-electron chi connectivity index (χ0n) is 16.4. The number of fused-ring (bicyclic) bond motifs is 2. The normalized spacial score (nSPS) is 15.9. The van der Waals surface area contributed by atoms with Crippen molar-refractivity contribution in [2.45, 2.75) is 19.5 Å². The summed E-state index contributed by atoms with van der Waals surface area (Å²) >= 11 is 4.38. The first-order valence-corrected chi connectivity index (χ1v) is 11.4. The fourth-order valence-corrected chi connectivity index (χ4v) is 5.11. The third-order valence-electron chi connectivity index (χ3n) is 5.57. The minimum Gasteiger partial charge on any atom is -0.493 e. The molecule has 5 rings (SSSR count). The van der Waals surface area contributed by atoms with Crippen molar-refractivity contribution in [3.63, 3.8) is 0 Å². The van der Waals surface area contributed by atoms with Crippen molar-refractivity contribution in [3.05, 3.63) is 78.2 Å². The molecule has 6 nitrogen and oxygen atoms in total. The number of benzene rings is 2. The van der Waals surface area contributed by atoms with E-state index in [0.717, 1.165) is 49.2 Å². The second-order valence-corrected chi connectivity index (χ2v) is 9.40. The molecule has 0 spiro atoms. The van der Waals surface area contributed by atoms with Gasteiger partial charge in [0.1, 0.15) is 6.54 Å². The molecular weight excluding hydrogens is 478 g/mol. The topological polar surface area (TPSA) is 74.9 Å². The molecule has 0 radical (unpaired) electrons. The zero-order valence-corrected chi connectivity index (χ0v) is 18.8. The van der Waals surface area contributed by atoms with E-state index in [0.29, 0.717) is 18.0 Å². The van der Waals surface area contributed by atoms with Gasteiger partial charge in [-0.1, -0.05) is 51.5 Å². The largest absolute Gasteiger partial charge is 0.493 e. The summed E-state index contributed by atoms with van der Waals surface area (Å²) in [5, 5.41) is 10.7. The van der Waals surface area contributed by atoms with Gasteiger partial charge in [0.25, 0.3) is 0 Å². The Kier molecular flexibility index (Phi) is 5.11. The average molecular weight is 496 g/mol. The van der Waals surface area contributed by atoms with Crippen molar-refractivity contribution in [2.75, 3.05) is 6.54 Å². The Morgan fingerprint density at radius 2 is 2.03 bits per heavy atom. The minimum absolute atomic E-state index is 0.178. The van der Waals surface area contributed by atoms with Gasteiger partial charge >= 0.3 is 4.87 Å². The van der Waals surface area contributed by atoms with Crippen molar-refractivity contribution in [1.82, 2.24) is 9.47 Å². The number of hydrogen-bond acceptors (Lipinski definition) is 5. The Labute approximate surface area is 190 Å². The number of hydrogen-bond donors (Lipinski definition) is 1. The summed E-state index contributed by atoms with van der Waals surface area (Å²) in [6.45, 7) is 0.949. The maximum Gasteiger partial charge on any atom is 0.311 e. The van der Waals surface area contributed by atoms with E-state index in [9.17, 15) is 14.7 Å². The monoisotopic (exact) mass is 495 g/mol. The van der Waals surface area contributed by atoms with Crippen LogP contribution in [-0.4, -0.2) is 33.2 Å². The van der Waals surface area contributed by atoms with Crippen molar-refractivity contribution >= 4 is 56.7 Å². The van der Waals surface area contributed by atoms with Crippen molar-refractivity contribution in [2.24, 2.45) is 4.99 Å². The summed E-state index contributed by atoms with van der Waals surface area (Å²) in [6, 6.07) is 13.8. The fourth-order valence-electron chi connectivity index (χ4n) is 3.91. The lowest BCUT2D eigenvalue weighted by atomic mass is 10.00. The molecule has 31 heavy (non-hydrogen) atoms.